The van der Waals surface area contributed by atoms with Gasteiger partial charge in [0.15, 0.2) is 0 Å². The van der Waals surface area contributed by atoms with Crippen LogP contribution in [0.1, 0.15) is 35.9 Å². The van der Waals surface area contributed by atoms with Crippen LogP contribution >= 0.6 is 11.6 Å². The molecule has 1 aliphatic carbocycles. The number of carbonyl (C=O) groups excluding carboxylic acids is 1. The number of hydrogen-bond acceptors (Lipinski definition) is 4. The zero-order valence-electron chi connectivity index (χ0n) is 17.2. The summed E-state index contributed by atoms with van der Waals surface area (Å²) >= 11 is 6.07. The van der Waals surface area contributed by atoms with E-state index in [2.05, 4.69) is 5.32 Å². The number of Topliss-reactive ketones (excluding diaryl/α,β-unsaturated/α-hetero) is 1. The number of benzene rings is 3. The molecule has 3 atom stereocenters. The van der Waals surface area contributed by atoms with Crippen LogP contribution in [0.3, 0.4) is 0 Å². The number of anilines is 1. The quantitative estimate of drug-likeness (QED) is 0.526. The fourth-order valence-corrected chi connectivity index (χ4v) is 4.78. The molecule has 1 fully saturated rings. The summed E-state index contributed by atoms with van der Waals surface area (Å²) in [7, 11) is 1.65. The Balaban J connectivity index is 1.56. The first-order valence-electron chi connectivity index (χ1n) is 10.5. The van der Waals surface area contributed by atoms with Crippen LogP contribution in [0.4, 0.5) is 11.4 Å². The molecule has 1 saturated carbocycles. The number of hydrogen-bond donors (Lipinski definition) is 1. The second kappa shape index (κ2) is 8.20. The molecule has 0 bridgehead atoms. The summed E-state index contributed by atoms with van der Waals surface area (Å²) in [6.07, 6.45) is 1.25. The van der Waals surface area contributed by atoms with E-state index in [0.29, 0.717) is 11.4 Å². The summed E-state index contributed by atoms with van der Waals surface area (Å²) in [5.41, 5.74) is 4.94. The maximum Gasteiger partial charge on any atom is 0.144 e. The molecule has 31 heavy (non-hydrogen) atoms. The number of nitrogens with zero attached hydrogens (tertiary/aromatic N) is 1. The second-order valence-electron chi connectivity index (χ2n) is 8.12. The van der Waals surface area contributed by atoms with Crippen molar-refractivity contribution in [3.05, 3.63) is 88.9 Å². The molecule has 3 unspecified atom stereocenters. The van der Waals surface area contributed by atoms with E-state index in [1.807, 2.05) is 72.8 Å². The summed E-state index contributed by atoms with van der Waals surface area (Å²) in [5.74, 6) is 0.821. The van der Waals surface area contributed by atoms with E-state index in [9.17, 15) is 4.79 Å². The van der Waals surface area contributed by atoms with E-state index >= 15 is 0 Å². The van der Waals surface area contributed by atoms with Gasteiger partial charge in [-0.25, -0.2) is 0 Å². The minimum absolute atomic E-state index is 0.113. The summed E-state index contributed by atoms with van der Waals surface area (Å²) < 4.78 is 5.32. The third-order valence-corrected chi connectivity index (χ3v) is 6.49. The zero-order chi connectivity index (χ0) is 21.4. The lowest BCUT2D eigenvalue weighted by Gasteiger charge is -2.34. The molecular formula is C26H23ClN2O2. The van der Waals surface area contributed by atoms with Gasteiger partial charge >= 0.3 is 0 Å². The van der Waals surface area contributed by atoms with Crippen LogP contribution in [0, 0.1) is 5.92 Å². The molecule has 0 radical (unpaired) electrons. The van der Waals surface area contributed by atoms with Crippen LogP contribution in [-0.4, -0.2) is 18.6 Å². The molecule has 1 heterocycles. The Bertz CT molecular complexity index is 1140. The average Bonchev–Trinajstić information content (AvgIpc) is 2.96. The van der Waals surface area contributed by atoms with Gasteiger partial charge < -0.3 is 10.1 Å². The van der Waals surface area contributed by atoms with Gasteiger partial charge in [0.25, 0.3) is 0 Å². The van der Waals surface area contributed by atoms with Gasteiger partial charge in [-0.3, -0.25) is 9.79 Å². The standard InChI is InChI=1S/C26H23ClN2O2/c1-31-20-12-8-17(9-13-20)26-25-23(28-21-4-2-3-5-22(21)29-26)14-18(15-24(25)30)16-6-10-19(27)11-7-16/h2-13,18,25-26,29H,14-15H2,1H3. The molecule has 1 aliphatic heterocycles. The highest BCUT2D eigenvalue weighted by molar-refractivity contribution is 6.30. The number of methoxy groups -OCH3 is 1. The average molecular weight is 431 g/mol. The van der Waals surface area contributed by atoms with Gasteiger partial charge in [0.05, 0.1) is 30.4 Å². The van der Waals surface area contributed by atoms with E-state index in [-0.39, 0.29) is 23.7 Å². The van der Waals surface area contributed by atoms with Crippen LogP contribution in [-0.2, 0) is 4.79 Å². The molecule has 0 amide bonds. The van der Waals surface area contributed by atoms with Crippen molar-refractivity contribution in [2.45, 2.75) is 24.8 Å². The highest BCUT2D eigenvalue weighted by Crippen LogP contribution is 2.44. The number of nitrogens with one attached hydrogen (secondary N) is 1. The highest BCUT2D eigenvalue weighted by Gasteiger charge is 2.41. The second-order valence-corrected chi connectivity index (χ2v) is 8.55. The topological polar surface area (TPSA) is 50.7 Å². The molecule has 2 aliphatic rings. The normalized spacial score (nSPS) is 22.5. The molecule has 156 valence electrons. The number of aliphatic imine (C=N–C) groups is 1. The van der Waals surface area contributed by atoms with Crippen LogP contribution in [0.25, 0.3) is 0 Å². The van der Waals surface area contributed by atoms with Gasteiger partial charge in [-0.2, -0.15) is 0 Å². The largest absolute Gasteiger partial charge is 0.497 e. The third-order valence-electron chi connectivity index (χ3n) is 6.24. The highest BCUT2D eigenvalue weighted by atomic mass is 35.5. The molecule has 0 saturated heterocycles. The number of para-hydroxylation sites is 2. The van der Waals surface area contributed by atoms with E-state index in [1.54, 1.807) is 7.11 Å². The van der Waals surface area contributed by atoms with Crippen molar-refractivity contribution in [1.29, 1.82) is 0 Å². The number of carbonyl (C=O) groups is 1. The monoisotopic (exact) mass is 430 g/mol. The Morgan fingerprint density at radius 1 is 0.935 bits per heavy atom. The minimum Gasteiger partial charge on any atom is -0.497 e. The Kier molecular flexibility index (Phi) is 5.24. The lowest BCUT2D eigenvalue weighted by Crippen LogP contribution is -2.38. The Morgan fingerprint density at radius 3 is 2.39 bits per heavy atom. The zero-order valence-corrected chi connectivity index (χ0v) is 18.0. The summed E-state index contributed by atoms with van der Waals surface area (Å²) in [5, 5.41) is 4.31. The van der Waals surface area contributed by atoms with Crippen molar-refractivity contribution in [1.82, 2.24) is 0 Å². The maximum absolute atomic E-state index is 13.5. The lowest BCUT2D eigenvalue weighted by molar-refractivity contribution is -0.122. The van der Waals surface area contributed by atoms with Crippen LogP contribution in [0.5, 0.6) is 5.75 Å². The molecule has 1 N–H and O–H groups in total. The van der Waals surface area contributed by atoms with E-state index in [0.717, 1.165) is 40.4 Å². The van der Waals surface area contributed by atoms with Crippen molar-refractivity contribution >= 4 is 34.5 Å². The van der Waals surface area contributed by atoms with Crippen molar-refractivity contribution in [3.63, 3.8) is 0 Å². The van der Waals surface area contributed by atoms with Crippen LogP contribution in [0.15, 0.2) is 77.8 Å². The smallest absolute Gasteiger partial charge is 0.144 e. The molecule has 0 aromatic heterocycles. The van der Waals surface area contributed by atoms with Crippen molar-refractivity contribution in [2.75, 3.05) is 12.4 Å². The SMILES string of the molecule is COc1ccc(C2Nc3ccccc3N=C3CC(c4ccc(Cl)cc4)CC(=O)C32)cc1. The summed E-state index contributed by atoms with van der Waals surface area (Å²) in [4.78, 5) is 18.5. The molecule has 5 rings (SSSR count). The van der Waals surface area contributed by atoms with Crippen LogP contribution < -0.4 is 10.1 Å². The molecule has 5 heteroatoms. The van der Waals surface area contributed by atoms with Gasteiger partial charge in [0.2, 0.25) is 0 Å². The predicted octanol–water partition coefficient (Wildman–Crippen LogP) is 6.35. The molecule has 0 spiro atoms. The van der Waals surface area contributed by atoms with Gasteiger partial charge in [0.1, 0.15) is 11.5 Å². The third kappa shape index (κ3) is 3.84. The predicted molar refractivity (Wildman–Crippen MR) is 125 cm³/mol. The summed E-state index contributed by atoms with van der Waals surface area (Å²) in [6.45, 7) is 0. The van der Waals surface area contributed by atoms with E-state index in [4.69, 9.17) is 21.3 Å². The van der Waals surface area contributed by atoms with Crippen LogP contribution in [0.2, 0.25) is 5.02 Å². The number of fused-ring (bicyclic) bond motifs is 2. The van der Waals surface area contributed by atoms with Gasteiger partial charge in [-0.1, -0.05) is 48.0 Å². The van der Waals surface area contributed by atoms with Crippen molar-refractivity contribution in [3.8, 4) is 5.75 Å². The lowest BCUT2D eigenvalue weighted by atomic mass is 9.72. The van der Waals surface area contributed by atoms with Crippen molar-refractivity contribution in [2.24, 2.45) is 10.9 Å². The minimum atomic E-state index is -0.302. The maximum atomic E-state index is 13.5. The first-order chi connectivity index (χ1) is 15.1. The van der Waals surface area contributed by atoms with E-state index < -0.39 is 0 Å². The molecule has 4 nitrogen and oxygen atoms in total. The molecule has 3 aromatic rings. The van der Waals surface area contributed by atoms with Gasteiger partial charge in [-0.05, 0) is 59.9 Å². The molecular weight excluding hydrogens is 408 g/mol. The first kappa shape index (κ1) is 19.8. The van der Waals surface area contributed by atoms with Gasteiger partial charge in [0, 0.05) is 17.2 Å². The number of halogens is 1. The number of ketones is 1. The fraction of sp³-hybridized carbons (Fsp3) is 0.231. The Hall–Kier alpha value is -3.11. The number of rotatable bonds is 3. The van der Waals surface area contributed by atoms with Gasteiger partial charge in [-0.15, -0.1) is 0 Å². The summed E-state index contributed by atoms with van der Waals surface area (Å²) in [6, 6.07) is 23.6. The Morgan fingerprint density at radius 2 is 1.65 bits per heavy atom. The van der Waals surface area contributed by atoms with E-state index in [1.165, 1.54) is 0 Å². The van der Waals surface area contributed by atoms with Crippen molar-refractivity contribution < 1.29 is 9.53 Å². The molecule has 3 aromatic carbocycles. The first-order valence-corrected chi connectivity index (χ1v) is 10.9. The fourth-order valence-electron chi connectivity index (χ4n) is 4.66. The number of ether oxygens (including phenoxy) is 1. The Labute approximate surface area is 186 Å².